The van der Waals surface area contributed by atoms with Gasteiger partial charge in [-0.05, 0) is 31.0 Å². The molecule has 0 radical (unpaired) electrons. The molecule has 7 nitrogen and oxygen atoms in total. The van der Waals surface area contributed by atoms with Crippen LogP contribution in [-0.2, 0) is 9.53 Å². The molecule has 8 heteroatoms. The van der Waals surface area contributed by atoms with E-state index < -0.39 is 11.9 Å². The van der Waals surface area contributed by atoms with Crippen LogP contribution in [0.4, 0.5) is 20.6 Å². The number of aliphatic hydroxyl groups excluding tert-OH is 1. The summed E-state index contributed by atoms with van der Waals surface area (Å²) in [5.41, 5.74) is 0.859. The molecule has 0 bridgehead atoms. The Labute approximate surface area is 145 Å². The normalized spacial score (nSPS) is 21.4. The third-order valence-corrected chi connectivity index (χ3v) is 4.56. The van der Waals surface area contributed by atoms with E-state index in [1.165, 1.54) is 17.9 Å². The van der Waals surface area contributed by atoms with Gasteiger partial charge in [-0.3, -0.25) is 9.69 Å². The van der Waals surface area contributed by atoms with E-state index in [0.717, 1.165) is 0 Å². The van der Waals surface area contributed by atoms with Gasteiger partial charge in [-0.1, -0.05) is 0 Å². The lowest BCUT2D eigenvalue weighted by molar-refractivity contribution is -0.119. The van der Waals surface area contributed by atoms with E-state index in [1.807, 2.05) is 4.90 Å². The Morgan fingerprint density at radius 3 is 2.76 bits per heavy atom. The summed E-state index contributed by atoms with van der Waals surface area (Å²) < 4.78 is 19.6. The average molecular weight is 351 g/mol. The molecular formula is C17H22FN3O4. The zero-order chi connectivity index (χ0) is 18.0. The number of rotatable bonds is 4. The lowest BCUT2D eigenvalue weighted by Crippen LogP contribution is -2.42. The van der Waals surface area contributed by atoms with Crippen molar-refractivity contribution in [3.63, 3.8) is 0 Å². The molecule has 0 unspecified atom stereocenters. The van der Waals surface area contributed by atoms with Crippen LogP contribution in [0, 0.1) is 5.82 Å². The quantitative estimate of drug-likeness (QED) is 0.853. The summed E-state index contributed by atoms with van der Waals surface area (Å²) in [4.78, 5) is 26.3. The first-order valence-corrected chi connectivity index (χ1v) is 8.38. The molecule has 3 rings (SSSR count). The predicted octanol–water partition coefficient (Wildman–Crippen LogP) is 1.25. The second-order valence-electron chi connectivity index (χ2n) is 6.39. The van der Waals surface area contributed by atoms with E-state index in [-0.39, 0.29) is 31.2 Å². The minimum absolute atomic E-state index is 0.145. The van der Waals surface area contributed by atoms with E-state index in [2.05, 4.69) is 5.32 Å². The molecule has 0 saturated carbocycles. The number of carbonyl (C=O) groups excluding carboxylic acids is 2. The number of amides is 2. The Morgan fingerprint density at radius 2 is 2.12 bits per heavy atom. The van der Waals surface area contributed by atoms with Gasteiger partial charge in [0.25, 0.3) is 0 Å². The van der Waals surface area contributed by atoms with Crippen LogP contribution in [0.5, 0.6) is 0 Å². The predicted molar refractivity (Wildman–Crippen MR) is 90.2 cm³/mol. The van der Waals surface area contributed by atoms with Gasteiger partial charge in [-0.2, -0.15) is 0 Å². The van der Waals surface area contributed by atoms with Crippen LogP contribution in [0.15, 0.2) is 18.2 Å². The third kappa shape index (κ3) is 3.84. The highest BCUT2D eigenvalue weighted by atomic mass is 19.1. The van der Waals surface area contributed by atoms with Crippen LogP contribution in [0.25, 0.3) is 0 Å². The number of carbonyl (C=O) groups is 2. The minimum Gasteiger partial charge on any atom is -0.447 e. The molecule has 2 N–H and O–H groups in total. The smallest absolute Gasteiger partial charge is 0.414 e. The SMILES string of the molecule is CC(=O)NC[C@H]1COC(=O)N1c1ccc(N2CCC(O)CC2)c(F)c1. The molecule has 2 fully saturated rings. The van der Waals surface area contributed by atoms with E-state index in [0.29, 0.717) is 37.3 Å². The molecule has 0 aromatic heterocycles. The maximum Gasteiger partial charge on any atom is 0.414 e. The van der Waals surface area contributed by atoms with Crippen molar-refractivity contribution in [2.24, 2.45) is 0 Å². The van der Waals surface area contributed by atoms with Crippen molar-refractivity contribution in [3.05, 3.63) is 24.0 Å². The number of anilines is 2. The first-order chi connectivity index (χ1) is 12.0. The zero-order valence-corrected chi connectivity index (χ0v) is 14.1. The number of hydrogen-bond acceptors (Lipinski definition) is 5. The molecule has 1 aromatic rings. The van der Waals surface area contributed by atoms with Crippen LogP contribution in [0.2, 0.25) is 0 Å². The van der Waals surface area contributed by atoms with Crippen molar-refractivity contribution in [2.45, 2.75) is 31.9 Å². The standard InChI is InChI=1S/C17H22FN3O4/c1-11(22)19-9-13-10-25-17(24)21(13)12-2-3-16(15(18)8-12)20-6-4-14(23)5-7-20/h2-3,8,13-14,23H,4-7,9-10H2,1H3,(H,19,22)/t13-/m0/s1. The second kappa shape index (κ2) is 7.26. The molecule has 2 saturated heterocycles. The summed E-state index contributed by atoms with van der Waals surface area (Å²) >= 11 is 0. The molecule has 2 amide bonds. The number of nitrogens with zero attached hydrogens (tertiary/aromatic N) is 2. The highest BCUT2D eigenvalue weighted by Crippen LogP contribution is 2.30. The van der Waals surface area contributed by atoms with Gasteiger partial charge in [0, 0.05) is 26.6 Å². The number of hydrogen-bond donors (Lipinski definition) is 2. The van der Waals surface area contributed by atoms with Gasteiger partial charge in [-0.25, -0.2) is 9.18 Å². The highest BCUT2D eigenvalue weighted by molar-refractivity contribution is 5.90. The monoisotopic (exact) mass is 351 g/mol. The number of halogens is 1. The van der Waals surface area contributed by atoms with E-state index in [1.54, 1.807) is 12.1 Å². The van der Waals surface area contributed by atoms with Gasteiger partial charge >= 0.3 is 6.09 Å². The van der Waals surface area contributed by atoms with Gasteiger partial charge < -0.3 is 20.1 Å². The maximum absolute atomic E-state index is 14.6. The fourth-order valence-corrected chi connectivity index (χ4v) is 3.20. The van der Waals surface area contributed by atoms with Crippen LogP contribution >= 0.6 is 0 Å². The van der Waals surface area contributed by atoms with Crippen LogP contribution in [0.3, 0.4) is 0 Å². The minimum atomic E-state index is -0.552. The number of aliphatic hydroxyl groups is 1. The first kappa shape index (κ1) is 17.5. The Hall–Kier alpha value is -2.35. The summed E-state index contributed by atoms with van der Waals surface area (Å²) in [6, 6.07) is 4.26. The molecule has 0 spiro atoms. The summed E-state index contributed by atoms with van der Waals surface area (Å²) in [5, 5.41) is 12.2. The molecule has 1 atom stereocenters. The molecule has 2 aliphatic heterocycles. The van der Waals surface area contributed by atoms with Gasteiger partial charge in [0.2, 0.25) is 5.91 Å². The molecule has 1 aromatic carbocycles. The summed E-state index contributed by atoms with van der Waals surface area (Å²) in [7, 11) is 0. The Kier molecular flexibility index (Phi) is 5.08. The largest absolute Gasteiger partial charge is 0.447 e. The molecule has 2 heterocycles. The molecule has 136 valence electrons. The highest BCUT2D eigenvalue weighted by Gasteiger charge is 2.34. The molecule has 25 heavy (non-hydrogen) atoms. The average Bonchev–Trinajstić information content (AvgIpc) is 2.94. The van der Waals surface area contributed by atoms with Crippen LogP contribution in [-0.4, -0.2) is 55.5 Å². The Bertz CT molecular complexity index is 661. The molecule has 0 aliphatic carbocycles. The van der Waals surface area contributed by atoms with E-state index in [9.17, 15) is 19.1 Å². The van der Waals surface area contributed by atoms with Crippen molar-refractivity contribution < 1.29 is 23.8 Å². The summed E-state index contributed by atoms with van der Waals surface area (Å²) in [5.74, 6) is -0.625. The van der Waals surface area contributed by atoms with Crippen molar-refractivity contribution >= 4 is 23.4 Å². The van der Waals surface area contributed by atoms with Crippen molar-refractivity contribution in [3.8, 4) is 0 Å². The van der Waals surface area contributed by atoms with Crippen molar-refractivity contribution in [1.82, 2.24) is 5.32 Å². The molecule has 2 aliphatic rings. The van der Waals surface area contributed by atoms with Gasteiger partial charge in [-0.15, -0.1) is 0 Å². The number of ether oxygens (including phenoxy) is 1. The summed E-state index contributed by atoms with van der Waals surface area (Å²) in [6.07, 6.45) is 0.340. The molecular weight excluding hydrogens is 329 g/mol. The van der Waals surface area contributed by atoms with E-state index >= 15 is 0 Å². The second-order valence-corrected chi connectivity index (χ2v) is 6.39. The zero-order valence-electron chi connectivity index (χ0n) is 14.1. The first-order valence-electron chi connectivity index (χ1n) is 8.38. The van der Waals surface area contributed by atoms with Gasteiger partial charge in [0.15, 0.2) is 0 Å². The number of piperidine rings is 1. The lowest BCUT2D eigenvalue weighted by atomic mass is 10.1. The fraction of sp³-hybridized carbons (Fsp3) is 0.529. The summed E-state index contributed by atoms with van der Waals surface area (Å²) in [6.45, 7) is 2.97. The van der Waals surface area contributed by atoms with Crippen LogP contribution in [0.1, 0.15) is 19.8 Å². The number of nitrogens with one attached hydrogen (secondary N) is 1. The fourth-order valence-electron chi connectivity index (χ4n) is 3.20. The van der Waals surface area contributed by atoms with Gasteiger partial charge in [0.05, 0.1) is 23.5 Å². The van der Waals surface area contributed by atoms with E-state index in [4.69, 9.17) is 4.74 Å². The topological polar surface area (TPSA) is 82.1 Å². The Morgan fingerprint density at radius 1 is 1.40 bits per heavy atom. The third-order valence-electron chi connectivity index (χ3n) is 4.56. The van der Waals surface area contributed by atoms with Crippen molar-refractivity contribution in [1.29, 1.82) is 0 Å². The maximum atomic E-state index is 14.6. The van der Waals surface area contributed by atoms with Crippen LogP contribution < -0.4 is 15.1 Å². The Balaban J connectivity index is 1.76. The number of cyclic esters (lactones) is 1. The van der Waals surface area contributed by atoms with Gasteiger partial charge in [0.1, 0.15) is 12.4 Å². The van der Waals surface area contributed by atoms with Crippen molar-refractivity contribution in [2.75, 3.05) is 36.0 Å². The lowest BCUT2D eigenvalue weighted by Gasteiger charge is -2.32. The number of benzene rings is 1.